The lowest BCUT2D eigenvalue weighted by Gasteiger charge is -2.22. The number of azide groups is 1. The molecule has 1 aliphatic rings. The number of aryl methyl sites for hydroxylation is 1. The first-order valence-corrected chi connectivity index (χ1v) is 20.3. The Bertz CT molecular complexity index is 2040. The molecule has 0 amide bonds. The summed E-state index contributed by atoms with van der Waals surface area (Å²) in [6.07, 6.45) is 4.15. The third kappa shape index (κ3) is 14.6. The predicted octanol–water partition coefficient (Wildman–Crippen LogP) is 6.84. The summed E-state index contributed by atoms with van der Waals surface area (Å²) in [7, 11) is -10.2. The number of aromatic nitrogens is 2. The normalized spacial score (nSPS) is 18.5. The second-order valence-electron chi connectivity index (χ2n) is 12.5. The Balaban J connectivity index is 0.00000841. The summed E-state index contributed by atoms with van der Waals surface area (Å²) in [5.74, 6) is -0.407. The molecular weight excluding hydrogens is 778 g/mol. The van der Waals surface area contributed by atoms with Crippen molar-refractivity contribution in [2.75, 3.05) is 6.61 Å². The van der Waals surface area contributed by atoms with E-state index >= 15 is 0 Å². The number of nitrogens with zero attached hydrogens (tertiary/aromatic N) is 4. The van der Waals surface area contributed by atoms with E-state index in [9.17, 15) is 33.2 Å². The molecule has 56 heavy (non-hydrogen) atoms. The quantitative estimate of drug-likeness (QED) is 0.0188. The molecular formula is C34H46N6O14P2. The van der Waals surface area contributed by atoms with Gasteiger partial charge in [0.2, 0.25) is 0 Å². The number of nitrogens with one attached hydrogen (secondary N) is 1. The number of esters is 2. The van der Waals surface area contributed by atoms with Gasteiger partial charge in [0, 0.05) is 36.4 Å². The van der Waals surface area contributed by atoms with Crippen molar-refractivity contribution in [3.8, 4) is 11.5 Å². The highest BCUT2D eigenvalue weighted by Gasteiger charge is 2.42. The fourth-order valence-electron chi connectivity index (χ4n) is 5.26. The van der Waals surface area contributed by atoms with Crippen LogP contribution in [0.2, 0.25) is 0 Å². The van der Waals surface area contributed by atoms with Crippen molar-refractivity contribution in [2.45, 2.75) is 97.3 Å². The highest BCUT2D eigenvalue weighted by molar-refractivity contribution is 7.61. The van der Waals surface area contributed by atoms with Gasteiger partial charge in [0.05, 0.1) is 32.0 Å². The Hall–Kier alpha value is -4.45. The largest absolute Gasteiger partial charge is 0.484 e. The summed E-state index contributed by atoms with van der Waals surface area (Å²) in [6.45, 7) is 3.17. The number of hydrogen-bond acceptors (Lipinski definition) is 15. The number of H-pyrrole nitrogens is 1. The molecule has 22 heteroatoms. The highest BCUT2D eigenvalue weighted by atomic mass is 31.3. The number of unbranched alkanes of at least 4 members (excludes halogenated alkanes) is 4. The third-order valence-corrected chi connectivity index (χ3v) is 11.1. The second-order valence-corrected chi connectivity index (χ2v) is 15.7. The molecule has 5 N–H and O–H groups in total. The van der Waals surface area contributed by atoms with Gasteiger partial charge in [0.15, 0.2) is 0 Å². The van der Waals surface area contributed by atoms with Crippen LogP contribution in [-0.2, 0) is 54.6 Å². The molecule has 2 aromatic carbocycles. The van der Waals surface area contributed by atoms with Crippen molar-refractivity contribution >= 4 is 27.6 Å². The summed E-state index contributed by atoms with van der Waals surface area (Å²) in [5, 5.41) is 3.63. The van der Waals surface area contributed by atoms with E-state index in [4.69, 9.17) is 37.6 Å². The molecule has 306 valence electrons. The first-order valence-electron chi connectivity index (χ1n) is 17.4. The zero-order valence-corrected chi connectivity index (χ0v) is 32.9. The summed E-state index contributed by atoms with van der Waals surface area (Å²) in [6, 6.07) is 10.9. The van der Waals surface area contributed by atoms with E-state index in [-0.39, 0.29) is 42.0 Å². The Morgan fingerprint density at radius 2 is 1.55 bits per heavy atom. The molecule has 1 saturated heterocycles. The average molecular weight is 825 g/mol. The SMILES string of the molecule is CCCCCCCC(=O)Oc1ccc(COP(=O)(OCc2ccc(OC(C)=O)cc2)OP(=O)(O)OC[C@H]2O[C@@H](n3cc(C)c(=O)[nH]c3=O)C[C@@H]2N=[N+]=[N-])cc1.N. The van der Waals surface area contributed by atoms with E-state index in [0.29, 0.717) is 11.1 Å². The standard InChI is InChI=1S/C34H43N5O14P2.H3N/c1-4-5-6-7-8-9-32(41)51-28-16-12-26(13-17-28)21-49-55(46,48-20-25-10-14-27(15-11-25)50-24(3)40)53-54(44,45)47-22-30-29(37-38-35)18-31(52-30)39-19-23(2)33(42)36-34(39)43;/h10-17,19,29-31H,4-9,18,20-22H2,1-3H3,(H,44,45)(H,36,42,43);1H3/t29-,30+,31+,55?;/m0./s1. The molecule has 1 aliphatic heterocycles. The van der Waals surface area contributed by atoms with Crippen LogP contribution in [0.5, 0.6) is 11.5 Å². The smallest absolute Gasteiger partial charge is 0.427 e. The van der Waals surface area contributed by atoms with Crippen LogP contribution in [0.3, 0.4) is 0 Å². The topological polar surface area (TPSA) is 292 Å². The van der Waals surface area contributed by atoms with E-state index in [2.05, 4.69) is 21.9 Å². The zero-order chi connectivity index (χ0) is 40.0. The number of hydrogen-bond donors (Lipinski definition) is 3. The van der Waals surface area contributed by atoms with E-state index in [1.54, 1.807) is 0 Å². The number of carbonyl (C=O) groups is 2. The van der Waals surface area contributed by atoms with Crippen LogP contribution in [0.15, 0.2) is 69.4 Å². The molecule has 0 bridgehead atoms. The minimum absolute atomic E-state index is 0. The fraction of sp³-hybridized carbons (Fsp3) is 0.471. The van der Waals surface area contributed by atoms with Crippen LogP contribution < -0.4 is 26.9 Å². The third-order valence-electron chi connectivity index (χ3n) is 8.07. The van der Waals surface area contributed by atoms with Crippen LogP contribution in [0.25, 0.3) is 10.4 Å². The van der Waals surface area contributed by atoms with Gasteiger partial charge in [-0.15, -0.1) is 0 Å². The summed E-state index contributed by atoms with van der Waals surface area (Å²) < 4.78 is 65.3. The van der Waals surface area contributed by atoms with Crippen molar-refractivity contribution in [3.05, 3.63) is 103 Å². The molecule has 0 radical (unpaired) electrons. The monoisotopic (exact) mass is 824 g/mol. The van der Waals surface area contributed by atoms with Crippen molar-refractivity contribution in [1.29, 1.82) is 0 Å². The van der Waals surface area contributed by atoms with E-state index < -0.39 is 71.1 Å². The van der Waals surface area contributed by atoms with Crippen LogP contribution >= 0.6 is 15.6 Å². The van der Waals surface area contributed by atoms with Gasteiger partial charge in [-0.25, -0.2) is 13.9 Å². The first-order chi connectivity index (χ1) is 26.2. The maximum atomic E-state index is 13.9. The van der Waals surface area contributed by atoms with Crippen molar-refractivity contribution < 1.29 is 55.7 Å². The number of phosphoric ester groups is 2. The molecule has 20 nitrogen and oxygen atoms in total. The number of ether oxygens (including phenoxy) is 3. The Morgan fingerprint density at radius 1 is 0.964 bits per heavy atom. The fourth-order valence-corrected chi connectivity index (χ4v) is 7.86. The molecule has 0 aliphatic carbocycles. The Kier molecular flexibility index (Phi) is 17.8. The lowest BCUT2D eigenvalue weighted by molar-refractivity contribution is -0.134. The van der Waals surface area contributed by atoms with Crippen LogP contribution in [0.4, 0.5) is 0 Å². The molecule has 3 aromatic rings. The van der Waals surface area contributed by atoms with Crippen LogP contribution in [0, 0.1) is 6.92 Å². The van der Waals surface area contributed by atoms with E-state index in [1.807, 2.05) is 0 Å². The van der Waals surface area contributed by atoms with E-state index in [0.717, 1.165) is 36.7 Å². The number of phosphoric acid groups is 2. The van der Waals surface area contributed by atoms with Crippen molar-refractivity contribution in [1.82, 2.24) is 15.7 Å². The minimum atomic E-state index is -5.29. The number of aromatic amines is 1. The summed E-state index contributed by atoms with van der Waals surface area (Å²) >= 11 is 0. The van der Waals surface area contributed by atoms with Crippen molar-refractivity contribution in [3.63, 3.8) is 0 Å². The number of carbonyl (C=O) groups excluding carboxylic acids is 2. The van der Waals surface area contributed by atoms with Gasteiger partial charge >= 0.3 is 33.3 Å². The van der Waals surface area contributed by atoms with Gasteiger partial charge < -0.3 is 25.3 Å². The molecule has 1 fully saturated rings. The van der Waals surface area contributed by atoms with Gasteiger partial charge in [-0.2, -0.15) is 4.31 Å². The van der Waals surface area contributed by atoms with Gasteiger partial charge in [-0.3, -0.25) is 37.5 Å². The van der Waals surface area contributed by atoms with Gasteiger partial charge in [0.1, 0.15) is 17.7 Å². The maximum absolute atomic E-state index is 13.9. The van der Waals surface area contributed by atoms with E-state index in [1.165, 1.54) is 68.6 Å². The Labute approximate surface area is 321 Å². The summed E-state index contributed by atoms with van der Waals surface area (Å²) in [4.78, 5) is 63.3. The van der Waals surface area contributed by atoms with Gasteiger partial charge in [-0.1, -0.05) is 62.0 Å². The van der Waals surface area contributed by atoms with Crippen LogP contribution in [0.1, 0.15) is 81.7 Å². The Morgan fingerprint density at radius 3 is 2.12 bits per heavy atom. The number of benzene rings is 2. The predicted molar refractivity (Wildman–Crippen MR) is 200 cm³/mol. The molecule has 0 saturated carbocycles. The molecule has 0 spiro atoms. The second kappa shape index (κ2) is 21.7. The van der Waals surface area contributed by atoms with Gasteiger partial charge in [-0.05, 0) is 54.3 Å². The van der Waals surface area contributed by atoms with Crippen LogP contribution in [-0.4, -0.2) is 45.1 Å². The lowest BCUT2D eigenvalue weighted by atomic mass is 10.1. The average Bonchev–Trinajstić information content (AvgIpc) is 3.54. The zero-order valence-electron chi connectivity index (χ0n) is 31.1. The molecule has 2 unspecified atom stereocenters. The molecule has 1 aromatic heterocycles. The maximum Gasteiger partial charge on any atom is 0.484 e. The lowest BCUT2D eigenvalue weighted by Crippen LogP contribution is -2.33. The summed E-state index contributed by atoms with van der Waals surface area (Å²) in [5.41, 5.74) is 8.70. The highest BCUT2D eigenvalue weighted by Crippen LogP contribution is 2.64. The minimum Gasteiger partial charge on any atom is -0.427 e. The number of rotatable bonds is 21. The molecule has 5 atom stereocenters. The van der Waals surface area contributed by atoms with Gasteiger partial charge in [0.25, 0.3) is 5.56 Å². The molecule has 4 rings (SSSR count). The first kappa shape index (κ1) is 45.9. The van der Waals surface area contributed by atoms with Crippen molar-refractivity contribution in [2.24, 2.45) is 5.11 Å². The molecule has 2 heterocycles.